The first-order valence-electron chi connectivity index (χ1n) is 5.79. The number of likely N-dealkylation sites (tertiary alicyclic amines) is 1. The molecule has 1 heterocycles. The molecule has 2 nitrogen and oxygen atoms in total. The fraction of sp³-hybridized carbons (Fsp3) is 0.538. The van der Waals surface area contributed by atoms with Gasteiger partial charge in [-0.1, -0.05) is 31.5 Å². The van der Waals surface area contributed by atoms with Gasteiger partial charge < -0.3 is 5.11 Å². The fourth-order valence-corrected chi connectivity index (χ4v) is 2.30. The Morgan fingerprint density at radius 3 is 2.65 bits per heavy atom. The molecular formula is C13H17ClFNO. The van der Waals surface area contributed by atoms with Crippen molar-refractivity contribution in [2.24, 2.45) is 5.92 Å². The van der Waals surface area contributed by atoms with Crippen LogP contribution >= 0.6 is 11.6 Å². The molecule has 4 heteroatoms. The molecule has 1 N–H and O–H groups in total. The molecule has 1 saturated heterocycles. The Hall–Kier alpha value is -0.640. The molecule has 0 unspecified atom stereocenters. The second-order valence-electron chi connectivity index (χ2n) is 5.15. The van der Waals surface area contributed by atoms with Gasteiger partial charge >= 0.3 is 0 Å². The summed E-state index contributed by atoms with van der Waals surface area (Å²) in [6, 6.07) is 4.75. The standard InChI is InChI=1S/C13H17ClFNO/c1-9(2)13(17)7-16(8-13)6-10-3-4-12(15)11(14)5-10/h3-5,9,17H,6-8H2,1-2H3. The number of benzene rings is 1. The molecule has 0 radical (unpaired) electrons. The van der Waals surface area contributed by atoms with Gasteiger partial charge in [0.05, 0.1) is 10.6 Å². The van der Waals surface area contributed by atoms with Crippen molar-refractivity contribution in [2.75, 3.05) is 13.1 Å². The zero-order valence-electron chi connectivity index (χ0n) is 10.1. The van der Waals surface area contributed by atoms with Crippen molar-refractivity contribution in [1.29, 1.82) is 0 Å². The van der Waals surface area contributed by atoms with Crippen molar-refractivity contribution in [3.63, 3.8) is 0 Å². The van der Waals surface area contributed by atoms with Crippen molar-refractivity contribution < 1.29 is 9.50 Å². The van der Waals surface area contributed by atoms with E-state index in [1.54, 1.807) is 12.1 Å². The lowest BCUT2D eigenvalue weighted by Crippen LogP contribution is -2.63. The molecule has 0 atom stereocenters. The van der Waals surface area contributed by atoms with Crippen LogP contribution in [0.25, 0.3) is 0 Å². The summed E-state index contributed by atoms with van der Waals surface area (Å²) in [4.78, 5) is 2.13. The first-order chi connectivity index (χ1) is 7.90. The molecule has 17 heavy (non-hydrogen) atoms. The fourth-order valence-electron chi connectivity index (χ4n) is 2.10. The molecule has 0 aromatic heterocycles. The molecule has 2 rings (SSSR count). The van der Waals surface area contributed by atoms with Crippen molar-refractivity contribution in [3.8, 4) is 0 Å². The van der Waals surface area contributed by atoms with Crippen LogP contribution in [0, 0.1) is 11.7 Å². The highest BCUT2D eigenvalue weighted by molar-refractivity contribution is 6.30. The van der Waals surface area contributed by atoms with Gasteiger partial charge in [-0.3, -0.25) is 4.90 Å². The number of hydrogen-bond donors (Lipinski definition) is 1. The van der Waals surface area contributed by atoms with Crippen molar-refractivity contribution >= 4 is 11.6 Å². The average Bonchev–Trinajstić information content (AvgIpc) is 2.20. The number of halogens is 2. The second-order valence-corrected chi connectivity index (χ2v) is 5.56. The minimum atomic E-state index is -0.566. The van der Waals surface area contributed by atoms with Gasteiger partial charge in [0, 0.05) is 19.6 Å². The first-order valence-corrected chi connectivity index (χ1v) is 6.17. The average molecular weight is 258 g/mol. The summed E-state index contributed by atoms with van der Waals surface area (Å²) < 4.78 is 13.0. The van der Waals surface area contributed by atoms with E-state index in [9.17, 15) is 9.50 Å². The minimum Gasteiger partial charge on any atom is -0.387 e. The highest BCUT2D eigenvalue weighted by atomic mass is 35.5. The molecular weight excluding hydrogens is 241 g/mol. The molecule has 0 amide bonds. The summed E-state index contributed by atoms with van der Waals surface area (Å²) >= 11 is 5.72. The van der Waals surface area contributed by atoms with E-state index < -0.39 is 11.4 Å². The highest BCUT2D eigenvalue weighted by Crippen LogP contribution is 2.30. The highest BCUT2D eigenvalue weighted by Gasteiger charge is 2.43. The SMILES string of the molecule is CC(C)C1(O)CN(Cc2ccc(F)c(Cl)c2)C1. The molecule has 1 aromatic rings. The van der Waals surface area contributed by atoms with Gasteiger partial charge in [0.25, 0.3) is 0 Å². The lowest BCUT2D eigenvalue weighted by molar-refractivity contribution is -0.130. The predicted octanol–water partition coefficient (Wildman–Crippen LogP) is 2.68. The monoisotopic (exact) mass is 257 g/mol. The Kier molecular flexibility index (Phi) is 3.43. The topological polar surface area (TPSA) is 23.5 Å². The molecule has 0 saturated carbocycles. The third-order valence-corrected chi connectivity index (χ3v) is 3.75. The molecule has 0 bridgehead atoms. The Labute approximate surface area is 106 Å². The van der Waals surface area contributed by atoms with E-state index in [1.165, 1.54) is 6.07 Å². The van der Waals surface area contributed by atoms with Crippen LogP contribution in [0.15, 0.2) is 18.2 Å². The maximum absolute atomic E-state index is 13.0. The maximum Gasteiger partial charge on any atom is 0.141 e. The van der Waals surface area contributed by atoms with Gasteiger partial charge in [0.2, 0.25) is 0 Å². The van der Waals surface area contributed by atoms with Crippen molar-refractivity contribution in [2.45, 2.75) is 26.0 Å². The molecule has 94 valence electrons. The van der Waals surface area contributed by atoms with Gasteiger partial charge in [0.1, 0.15) is 5.82 Å². The minimum absolute atomic E-state index is 0.155. The van der Waals surface area contributed by atoms with Crippen LogP contribution in [0.3, 0.4) is 0 Å². The molecule has 1 aromatic carbocycles. The largest absolute Gasteiger partial charge is 0.387 e. The zero-order valence-corrected chi connectivity index (χ0v) is 10.8. The van der Waals surface area contributed by atoms with Crippen molar-refractivity contribution in [3.05, 3.63) is 34.6 Å². The van der Waals surface area contributed by atoms with Gasteiger partial charge in [-0.05, 0) is 23.6 Å². The quantitative estimate of drug-likeness (QED) is 0.900. The first kappa shape index (κ1) is 12.8. The van der Waals surface area contributed by atoms with Gasteiger partial charge in [0.15, 0.2) is 0 Å². The van der Waals surface area contributed by atoms with E-state index in [0.29, 0.717) is 19.6 Å². The summed E-state index contributed by atoms with van der Waals surface area (Å²) in [6.45, 7) is 6.08. The van der Waals surface area contributed by atoms with Crippen LogP contribution in [0.5, 0.6) is 0 Å². The maximum atomic E-state index is 13.0. The van der Waals surface area contributed by atoms with E-state index >= 15 is 0 Å². The number of aliphatic hydroxyl groups is 1. The lowest BCUT2D eigenvalue weighted by atomic mass is 9.83. The summed E-state index contributed by atoms with van der Waals surface area (Å²) in [7, 11) is 0. The van der Waals surface area contributed by atoms with Crippen molar-refractivity contribution in [1.82, 2.24) is 4.90 Å². The molecule has 1 fully saturated rings. The van der Waals surface area contributed by atoms with Crippen LogP contribution in [0.4, 0.5) is 4.39 Å². The van der Waals surface area contributed by atoms with E-state index in [0.717, 1.165) is 5.56 Å². The summed E-state index contributed by atoms with van der Waals surface area (Å²) in [6.07, 6.45) is 0. The van der Waals surface area contributed by atoms with E-state index in [-0.39, 0.29) is 10.9 Å². The lowest BCUT2D eigenvalue weighted by Gasteiger charge is -2.49. The van der Waals surface area contributed by atoms with Gasteiger partial charge in [-0.15, -0.1) is 0 Å². The van der Waals surface area contributed by atoms with Crippen LogP contribution in [0.2, 0.25) is 5.02 Å². The van der Waals surface area contributed by atoms with Crippen LogP contribution < -0.4 is 0 Å². The Morgan fingerprint density at radius 1 is 1.47 bits per heavy atom. The number of β-amino-alcohol motifs (C(OH)–C–C–N with tert-alkyl or cyclic N) is 1. The third-order valence-electron chi connectivity index (χ3n) is 3.46. The summed E-state index contributed by atoms with van der Waals surface area (Å²) in [5.74, 6) is -0.131. The Bertz CT molecular complexity index is 416. The van der Waals surface area contributed by atoms with E-state index in [1.807, 2.05) is 13.8 Å². The van der Waals surface area contributed by atoms with Crippen LogP contribution in [0.1, 0.15) is 19.4 Å². The van der Waals surface area contributed by atoms with Gasteiger partial charge in [-0.25, -0.2) is 4.39 Å². The molecule has 1 aliphatic rings. The number of hydrogen-bond acceptors (Lipinski definition) is 2. The van der Waals surface area contributed by atoms with Crippen LogP contribution in [-0.4, -0.2) is 28.7 Å². The zero-order chi connectivity index (χ0) is 12.6. The molecule has 1 aliphatic heterocycles. The summed E-state index contributed by atoms with van der Waals surface area (Å²) in [5.41, 5.74) is 0.409. The second kappa shape index (κ2) is 4.56. The smallest absolute Gasteiger partial charge is 0.141 e. The molecule has 0 aliphatic carbocycles. The third kappa shape index (κ3) is 2.62. The van der Waals surface area contributed by atoms with E-state index in [4.69, 9.17) is 11.6 Å². The normalized spacial score (nSPS) is 19.4. The van der Waals surface area contributed by atoms with Gasteiger partial charge in [-0.2, -0.15) is 0 Å². The van der Waals surface area contributed by atoms with Crippen LogP contribution in [-0.2, 0) is 6.54 Å². The Morgan fingerprint density at radius 2 is 2.12 bits per heavy atom. The number of rotatable bonds is 3. The predicted molar refractivity (Wildman–Crippen MR) is 66.5 cm³/mol. The Balaban J connectivity index is 1.94. The summed E-state index contributed by atoms with van der Waals surface area (Å²) in [5, 5.41) is 10.3. The number of nitrogens with zero attached hydrogens (tertiary/aromatic N) is 1. The van der Waals surface area contributed by atoms with E-state index in [2.05, 4.69) is 4.90 Å². The molecule has 0 spiro atoms.